The van der Waals surface area contributed by atoms with Crippen molar-refractivity contribution in [2.24, 2.45) is 0 Å². The van der Waals surface area contributed by atoms with Gasteiger partial charge in [-0.2, -0.15) is 0 Å². The molecule has 1 aromatic carbocycles. The molecule has 0 N–H and O–H groups in total. The Kier molecular flexibility index (Phi) is 1.46. The summed E-state index contributed by atoms with van der Waals surface area (Å²) in [5.41, 5.74) is 0.680. The molecule has 0 fully saturated rings. The first kappa shape index (κ1) is 6.85. The van der Waals surface area contributed by atoms with Gasteiger partial charge in [0.05, 0.1) is 5.56 Å². The van der Waals surface area contributed by atoms with Crippen molar-refractivity contribution in [3.05, 3.63) is 28.2 Å². The molecule has 1 aliphatic rings. The van der Waals surface area contributed by atoms with Gasteiger partial charge in [-0.25, -0.2) is 0 Å². The van der Waals surface area contributed by atoms with Crippen LogP contribution >= 0.6 is 15.9 Å². The van der Waals surface area contributed by atoms with Crippen LogP contribution in [0.15, 0.2) is 22.7 Å². The van der Waals surface area contributed by atoms with Crippen LogP contribution in [0.1, 0.15) is 10.4 Å². The molecule has 1 aromatic rings. The van der Waals surface area contributed by atoms with E-state index >= 15 is 0 Å². The summed E-state index contributed by atoms with van der Waals surface area (Å²) in [6.07, 6.45) is 0. The summed E-state index contributed by atoms with van der Waals surface area (Å²) in [4.78, 5) is 11.1. The molecule has 0 bridgehead atoms. The van der Waals surface area contributed by atoms with Gasteiger partial charge in [0.25, 0.3) is 0 Å². The zero-order valence-electron chi connectivity index (χ0n) is 5.63. The first-order chi connectivity index (χ1) is 5.27. The summed E-state index contributed by atoms with van der Waals surface area (Å²) in [5, 5.41) is 0. The highest BCUT2D eigenvalue weighted by Crippen LogP contribution is 2.27. The summed E-state index contributed by atoms with van der Waals surface area (Å²) in [6, 6.07) is 5.44. The van der Waals surface area contributed by atoms with Gasteiger partial charge in [-0.05, 0) is 18.2 Å². The van der Waals surface area contributed by atoms with E-state index in [1.165, 1.54) is 0 Å². The summed E-state index contributed by atoms with van der Waals surface area (Å²) < 4.78 is 6.01. The number of hydrogen-bond acceptors (Lipinski definition) is 2. The van der Waals surface area contributed by atoms with Crippen LogP contribution in [0.4, 0.5) is 0 Å². The van der Waals surface area contributed by atoms with E-state index in [-0.39, 0.29) is 12.4 Å². The van der Waals surface area contributed by atoms with Crippen LogP contribution in [0.25, 0.3) is 0 Å². The normalized spacial score (nSPS) is 14.5. The van der Waals surface area contributed by atoms with E-state index in [2.05, 4.69) is 15.9 Å². The maximum absolute atomic E-state index is 11.1. The topological polar surface area (TPSA) is 26.3 Å². The molecule has 2 nitrogen and oxygen atoms in total. The lowest BCUT2D eigenvalue weighted by Gasteiger charge is -1.95. The number of carbonyl (C=O) groups excluding carboxylic acids is 1. The molecule has 0 saturated heterocycles. The van der Waals surface area contributed by atoms with E-state index in [1.54, 1.807) is 12.1 Å². The van der Waals surface area contributed by atoms with E-state index in [0.717, 1.165) is 4.47 Å². The standard InChI is InChI=1S/C8H5BrO2/c9-5-1-2-8-6(3-5)7(10)4-11-8/h1-3H,4H2/i7+2. The van der Waals surface area contributed by atoms with Crippen LogP contribution in [0.5, 0.6) is 5.75 Å². The van der Waals surface area contributed by atoms with Crippen molar-refractivity contribution >= 4 is 21.7 Å². The lowest BCUT2D eigenvalue weighted by atomic mass is 10.3. The first-order valence-corrected chi connectivity index (χ1v) is 4.02. The maximum Gasteiger partial charge on any atom is 0.203 e. The predicted octanol–water partition coefficient (Wildman–Crippen LogP) is 2.02. The fourth-order valence-corrected chi connectivity index (χ4v) is 1.43. The smallest absolute Gasteiger partial charge is 0.203 e. The van der Waals surface area contributed by atoms with Crippen molar-refractivity contribution in [1.82, 2.24) is 0 Å². The largest absolute Gasteiger partial charge is 0.485 e. The number of Topliss-reactive ketones (excluding diaryl/α,β-unsaturated/α-hetero) is 1. The Labute approximate surface area is 72.3 Å². The Balaban J connectivity index is 2.60. The Bertz CT molecular complexity index is 320. The molecule has 11 heavy (non-hydrogen) atoms. The lowest BCUT2D eigenvalue weighted by Crippen LogP contribution is -1.98. The van der Waals surface area contributed by atoms with Crippen LogP contribution in [0, 0.1) is 0 Å². The van der Waals surface area contributed by atoms with Gasteiger partial charge in [0.15, 0.2) is 6.61 Å². The summed E-state index contributed by atoms with van der Waals surface area (Å²) in [7, 11) is 0. The minimum Gasteiger partial charge on any atom is -0.485 e. The molecule has 2 rings (SSSR count). The third kappa shape index (κ3) is 1.05. The highest BCUT2D eigenvalue weighted by molar-refractivity contribution is 9.10. The highest BCUT2D eigenvalue weighted by Gasteiger charge is 2.20. The molecular weight excluding hydrogens is 210 g/mol. The molecule has 3 heteroatoms. The molecule has 0 saturated carbocycles. The van der Waals surface area contributed by atoms with Crippen molar-refractivity contribution in [1.29, 1.82) is 0 Å². The fourth-order valence-electron chi connectivity index (χ4n) is 1.07. The van der Waals surface area contributed by atoms with Gasteiger partial charge < -0.3 is 4.74 Å². The second-order valence-corrected chi connectivity index (χ2v) is 3.27. The fraction of sp³-hybridized carbons (Fsp3) is 0.125. The molecule has 0 spiro atoms. The Morgan fingerprint density at radius 3 is 3.18 bits per heavy atom. The Morgan fingerprint density at radius 2 is 2.36 bits per heavy atom. The summed E-state index contributed by atoms with van der Waals surface area (Å²) in [6.45, 7) is 0.186. The molecule has 0 amide bonds. The number of halogens is 1. The van der Waals surface area contributed by atoms with E-state index in [4.69, 9.17) is 4.74 Å². The highest BCUT2D eigenvalue weighted by atomic mass is 79.9. The monoisotopic (exact) mass is 214 g/mol. The quantitative estimate of drug-likeness (QED) is 0.661. The number of carbonyl (C=O) groups is 1. The molecule has 0 aromatic heterocycles. The third-order valence-corrected chi connectivity index (χ3v) is 2.09. The maximum atomic E-state index is 11.1. The summed E-state index contributed by atoms with van der Waals surface area (Å²) >= 11 is 3.28. The third-order valence-electron chi connectivity index (χ3n) is 1.60. The molecule has 0 unspecified atom stereocenters. The van der Waals surface area contributed by atoms with Crippen molar-refractivity contribution in [2.75, 3.05) is 6.61 Å². The van der Waals surface area contributed by atoms with E-state index in [9.17, 15) is 4.79 Å². The number of benzene rings is 1. The van der Waals surface area contributed by atoms with Crippen molar-refractivity contribution in [2.45, 2.75) is 0 Å². The zero-order valence-corrected chi connectivity index (χ0v) is 7.22. The molecule has 1 aliphatic heterocycles. The average Bonchev–Trinajstić information content (AvgIpc) is 2.33. The second kappa shape index (κ2) is 2.34. The minimum absolute atomic E-state index is 0.0568. The van der Waals surface area contributed by atoms with Crippen molar-refractivity contribution in [3.8, 4) is 5.75 Å². The molecule has 56 valence electrons. The SMILES string of the molecule is O=[14C]1COc2ccc(Br)cc21. The second-order valence-electron chi connectivity index (χ2n) is 2.35. The molecule has 0 radical (unpaired) electrons. The van der Waals surface area contributed by atoms with Gasteiger partial charge in [-0.15, -0.1) is 0 Å². The van der Waals surface area contributed by atoms with Crippen molar-refractivity contribution in [3.63, 3.8) is 0 Å². The zero-order chi connectivity index (χ0) is 7.84. The number of fused-ring (bicyclic) bond motifs is 1. The summed E-state index contributed by atoms with van der Waals surface area (Å²) in [5.74, 6) is 0.750. The van der Waals surface area contributed by atoms with Gasteiger partial charge >= 0.3 is 0 Å². The van der Waals surface area contributed by atoms with Gasteiger partial charge in [-0.3, -0.25) is 4.79 Å². The van der Waals surface area contributed by atoms with Crippen LogP contribution < -0.4 is 4.74 Å². The predicted molar refractivity (Wildman–Crippen MR) is 44.0 cm³/mol. The van der Waals surface area contributed by atoms with Gasteiger partial charge in [0.1, 0.15) is 5.75 Å². The van der Waals surface area contributed by atoms with E-state index < -0.39 is 0 Å². The molecule has 0 aliphatic carbocycles. The molecule has 1 heterocycles. The van der Waals surface area contributed by atoms with Crippen LogP contribution in [-0.2, 0) is 0 Å². The average molecular weight is 215 g/mol. The number of ether oxygens (including phenoxy) is 1. The van der Waals surface area contributed by atoms with E-state index in [1.807, 2.05) is 6.07 Å². The van der Waals surface area contributed by atoms with Gasteiger partial charge in [0, 0.05) is 4.47 Å². The van der Waals surface area contributed by atoms with Gasteiger partial charge in [-0.1, -0.05) is 15.9 Å². The minimum atomic E-state index is 0.0568. The van der Waals surface area contributed by atoms with E-state index in [0.29, 0.717) is 11.3 Å². The first-order valence-electron chi connectivity index (χ1n) is 3.23. The Hall–Kier alpha value is -0.830. The number of hydrogen-bond donors (Lipinski definition) is 0. The van der Waals surface area contributed by atoms with Crippen LogP contribution in [0.3, 0.4) is 0 Å². The lowest BCUT2D eigenvalue weighted by molar-refractivity contribution is 0.0961. The Morgan fingerprint density at radius 1 is 1.55 bits per heavy atom. The number of ketones is 1. The van der Waals surface area contributed by atoms with Crippen LogP contribution in [-0.4, -0.2) is 12.4 Å². The van der Waals surface area contributed by atoms with Gasteiger partial charge in [0.2, 0.25) is 5.78 Å². The van der Waals surface area contributed by atoms with Crippen molar-refractivity contribution < 1.29 is 9.53 Å². The molecular formula is C8H5BrO2. The number of rotatable bonds is 0. The van der Waals surface area contributed by atoms with Crippen LogP contribution in [0.2, 0.25) is 0 Å². The molecule has 0 atom stereocenters.